The minimum atomic E-state index is -0.470. The van der Waals surface area contributed by atoms with Crippen molar-refractivity contribution >= 4 is 17.6 Å². The average molecular weight is 293 g/mol. The molecule has 0 atom stereocenters. The highest BCUT2D eigenvalue weighted by Gasteiger charge is 2.18. The third kappa shape index (κ3) is 2.72. The molecule has 0 saturated carbocycles. The maximum atomic E-state index is 11.9. The van der Waals surface area contributed by atoms with Crippen molar-refractivity contribution in [1.29, 1.82) is 0 Å². The van der Waals surface area contributed by atoms with E-state index in [0.717, 1.165) is 5.69 Å². The highest BCUT2D eigenvalue weighted by atomic mass is 35.5. The Morgan fingerprint density at radius 1 is 1.15 bits per heavy atom. The highest BCUT2D eigenvalue weighted by molar-refractivity contribution is 6.29. The van der Waals surface area contributed by atoms with Crippen LogP contribution in [0.2, 0.25) is 5.15 Å². The zero-order valence-corrected chi connectivity index (χ0v) is 12.1. The zero-order valence-electron chi connectivity index (χ0n) is 11.3. The Bertz CT molecular complexity index is 659. The van der Waals surface area contributed by atoms with Gasteiger partial charge in [-0.05, 0) is 19.1 Å². The van der Waals surface area contributed by atoms with Crippen molar-refractivity contribution in [3.63, 3.8) is 0 Å². The lowest BCUT2D eigenvalue weighted by Crippen LogP contribution is -2.05. The third-order valence-electron chi connectivity index (χ3n) is 2.79. The fourth-order valence-corrected chi connectivity index (χ4v) is 2.00. The van der Waals surface area contributed by atoms with E-state index in [1.54, 1.807) is 12.1 Å². The second-order valence-corrected chi connectivity index (χ2v) is 4.46. The van der Waals surface area contributed by atoms with Crippen LogP contribution < -0.4 is 4.74 Å². The molecule has 0 radical (unpaired) electrons. The maximum absolute atomic E-state index is 11.9. The van der Waals surface area contributed by atoms with Crippen LogP contribution in [0.1, 0.15) is 16.1 Å². The van der Waals surface area contributed by atoms with E-state index in [1.165, 1.54) is 26.6 Å². The van der Waals surface area contributed by atoms with Gasteiger partial charge in [0.1, 0.15) is 10.9 Å². The van der Waals surface area contributed by atoms with Crippen molar-refractivity contribution in [3.05, 3.63) is 40.9 Å². The number of aryl methyl sites for hydroxylation is 1. The van der Waals surface area contributed by atoms with Gasteiger partial charge in [-0.15, -0.1) is 0 Å². The first kappa shape index (κ1) is 14.3. The summed E-state index contributed by atoms with van der Waals surface area (Å²) in [6.07, 6.45) is 2.98. The third-order valence-corrected chi connectivity index (χ3v) is 3.00. The number of halogens is 1. The summed E-state index contributed by atoms with van der Waals surface area (Å²) < 4.78 is 10.0. The number of ether oxygens (including phenoxy) is 2. The Morgan fingerprint density at radius 3 is 2.55 bits per heavy atom. The molecule has 20 heavy (non-hydrogen) atoms. The van der Waals surface area contributed by atoms with E-state index in [9.17, 15) is 4.79 Å². The van der Waals surface area contributed by atoms with Crippen molar-refractivity contribution in [1.82, 2.24) is 9.97 Å². The summed E-state index contributed by atoms with van der Waals surface area (Å²) in [5, 5.41) is 0.311. The molecule has 0 amide bonds. The van der Waals surface area contributed by atoms with Crippen LogP contribution in [0, 0.1) is 6.92 Å². The van der Waals surface area contributed by atoms with E-state index < -0.39 is 5.97 Å². The van der Waals surface area contributed by atoms with E-state index in [1.807, 2.05) is 6.92 Å². The quantitative estimate of drug-likeness (QED) is 0.643. The smallest absolute Gasteiger partial charge is 0.340 e. The number of hydrogen-bond acceptors (Lipinski definition) is 5. The Hall–Kier alpha value is -2.14. The molecule has 2 rings (SSSR count). The Morgan fingerprint density at radius 2 is 1.90 bits per heavy atom. The summed E-state index contributed by atoms with van der Waals surface area (Å²) in [7, 11) is 2.85. The summed E-state index contributed by atoms with van der Waals surface area (Å²) >= 11 is 5.93. The van der Waals surface area contributed by atoms with Gasteiger partial charge in [-0.2, -0.15) is 0 Å². The predicted molar refractivity (Wildman–Crippen MR) is 75.1 cm³/mol. The lowest BCUT2D eigenvalue weighted by atomic mass is 10.0. The molecule has 104 valence electrons. The predicted octanol–water partition coefficient (Wildman–Crippen LogP) is 2.90. The number of carbonyl (C=O) groups is 1. The summed E-state index contributed by atoms with van der Waals surface area (Å²) in [6.45, 7) is 1.83. The van der Waals surface area contributed by atoms with E-state index in [0.29, 0.717) is 27.6 Å². The lowest BCUT2D eigenvalue weighted by Gasteiger charge is -2.12. The molecule has 0 aliphatic rings. The highest BCUT2D eigenvalue weighted by Crippen LogP contribution is 2.33. The molecule has 0 bridgehead atoms. The second-order valence-electron chi connectivity index (χ2n) is 4.07. The van der Waals surface area contributed by atoms with Crippen LogP contribution in [0.3, 0.4) is 0 Å². The van der Waals surface area contributed by atoms with Gasteiger partial charge >= 0.3 is 5.97 Å². The Kier molecular flexibility index (Phi) is 4.20. The number of carbonyl (C=O) groups excluding carboxylic acids is 1. The monoisotopic (exact) mass is 292 g/mol. The van der Waals surface area contributed by atoms with Gasteiger partial charge in [0.15, 0.2) is 0 Å². The first-order valence-electron chi connectivity index (χ1n) is 5.81. The fraction of sp³-hybridized carbons (Fsp3) is 0.214. The van der Waals surface area contributed by atoms with Crippen molar-refractivity contribution < 1.29 is 14.3 Å². The van der Waals surface area contributed by atoms with E-state index in [4.69, 9.17) is 21.1 Å². The summed E-state index contributed by atoms with van der Waals surface area (Å²) in [5.74, 6) is 0.0487. The Labute approximate surface area is 121 Å². The van der Waals surface area contributed by atoms with Crippen molar-refractivity contribution in [3.8, 4) is 16.9 Å². The molecule has 2 heterocycles. The second kappa shape index (κ2) is 5.88. The van der Waals surface area contributed by atoms with E-state index >= 15 is 0 Å². The van der Waals surface area contributed by atoms with Crippen LogP contribution in [-0.2, 0) is 4.74 Å². The molecule has 2 aromatic rings. The zero-order chi connectivity index (χ0) is 14.7. The van der Waals surface area contributed by atoms with Crippen LogP contribution in [0.4, 0.5) is 0 Å². The van der Waals surface area contributed by atoms with Gasteiger partial charge < -0.3 is 9.47 Å². The first-order chi connectivity index (χ1) is 9.56. The van der Waals surface area contributed by atoms with E-state index in [-0.39, 0.29) is 0 Å². The molecule has 0 spiro atoms. The maximum Gasteiger partial charge on any atom is 0.340 e. The Balaban J connectivity index is 2.71. The number of aromatic nitrogens is 2. The molecular weight excluding hydrogens is 280 g/mol. The minimum Gasteiger partial charge on any atom is -0.494 e. The number of esters is 1. The number of hydrogen-bond donors (Lipinski definition) is 0. The number of rotatable bonds is 3. The molecule has 0 saturated heterocycles. The van der Waals surface area contributed by atoms with Crippen LogP contribution in [0.25, 0.3) is 11.1 Å². The van der Waals surface area contributed by atoms with Gasteiger partial charge in [0.05, 0.1) is 26.0 Å². The van der Waals surface area contributed by atoms with Crippen LogP contribution in [0.15, 0.2) is 24.5 Å². The molecule has 0 aliphatic heterocycles. The minimum absolute atomic E-state index is 0.311. The largest absolute Gasteiger partial charge is 0.494 e. The number of nitrogens with zero attached hydrogens (tertiary/aromatic N) is 2. The molecule has 0 aromatic carbocycles. The first-order valence-corrected chi connectivity index (χ1v) is 6.19. The molecule has 0 unspecified atom stereocenters. The van der Waals surface area contributed by atoms with Gasteiger partial charge in [-0.1, -0.05) is 11.6 Å². The summed E-state index contributed by atoms with van der Waals surface area (Å²) in [4.78, 5) is 19.9. The molecule has 0 fully saturated rings. The average Bonchev–Trinajstić information content (AvgIpc) is 2.46. The topological polar surface area (TPSA) is 61.3 Å². The van der Waals surface area contributed by atoms with Crippen molar-refractivity contribution in [2.24, 2.45) is 0 Å². The normalized spacial score (nSPS) is 10.2. The lowest BCUT2D eigenvalue weighted by molar-refractivity contribution is 0.0601. The van der Waals surface area contributed by atoms with Crippen LogP contribution in [0.5, 0.6) is 5.75 Å². The summed E-state index contributed by atoms with van der Waals surface area (Å²) in [6, 6.07) is 3.42. The molecular formula is C14H13ClN2O3. The molecule has 5 nitrogen and oxygen atoms in total. The molecule has 2 aromatic heterocycles. The van der Waals surface area contributed by atoms with Gasteiger partial charge in [-0.3, -0.25) is 4.98 Å². The molecule has 0 aliphatic carbocycles. The fourth-order valence-electron chi connectivity index (χ4n) is 1.85. The molecule has 0 N–H and O–H groups in total. The van der Waals surface area contributed by atoms with E-state index in [2.05, 4.69) is 9.97 Å². The van der Waals surface area contributed by atoms with Crippen molar-refractivity contribution in [2.75, 3.05) is 14.2 Å². The standard InChI is InChI=1S/C14H13ClN2O3/c1-8-4-9(11(6-16-8)14(18)20-3)10-5-13(15)17-7-12(10)19-2/h4-7H,1-3H3. The number of pyridine rings is 2. The van der Waals surface area contributed by atoms with Gasteiger partial charge in [0.2, 0.25) is 0 Å². The SMILES string of the molecule is COC(=O)c1cnc(C)cc1-c1cc(Cl)ncc1OC. The van der Waals surface area contributed by atoms with Gasteiger partial charge in [0.25, 0.3) is 0 Å². The van der Waals surface area contributed by atoms with Crippen LogP contribution >= 0.6 is 11.6 Å². The van der Waals surface area contributed by atoms with Gasteiger partial charge in [0, 0.05) is 23.0 Å². The van der Waals surface area contributed by atoms with Crippen LogP contribution in [-0.4, -0.2) is 30.2 Å². The summed E-state index contributed by atoms with van der Waals surface area (Å²) in [5.41, 5.74) is 2.42. The van der Waals surface area contributed by atoms with Crippen molar-refractivity contribution in [2.45, 2.75) is 6.92 Å². The number of methoxy groups -OCH3 is 2. The molecule has 6 heteroatoms. The van der Waals surface area contributed by atoms with Gasteiger partial charge in [-0.25, -0.2) is 9.78 Å².